The Kier molecular flexibility index (Phi) is 3.00. The summed E-state index contributed by atoms with van der Waals surface area (Å²) in [5.41, 5.74) is 8.86. The van der Waals surface area contributed by atoms with E-state index in [1.165, 1.54) is 19.2 Å². The van der Waals surface area contributed by atoms with Gasteiger partial charge in [-0.15, -0.1) is 0 Å². The number of rotatable bonds is 3. The molecule has 0 spiro atoms. The Bertz CT molecular complexity index is 345. The van der Waals surface area contributed by atoms with Gasteiger partial charge in [0.05, 0.1) is 13.7 Å². The molecule has 0 amide bonds. The van der Waals surface area contributed by atoms with E-state index in [2.05, 4.69) is 10.0 Å². The number of phenolic OH excluding ortho intramolecular Hbond substituents is 1. The lowest BCUT2D eigenvalue weighted by molar-refractivity contribution is 0.403. The summed E-state index contributed by atoms with van der Waals surface area (Å²) in [6.07, 6.45) is 0. The highest BCUT2D eigenvalue weighted by molar-refractivity contribution is 5.39. The number of hydrogen-bond donors (Lipinski definition) is 1. The van der Waals surface area contributed by atoms with Crippen molar-refractivity contribution in [2.75, 3.05) is 7.11 Å². The van der Waals surface area contributed by atoms with Gasteiger partial charge in [-0.3, -0.25) is 0 Å². The molecular formula is C8H9N3O2. The summed E-state index contributed by atoms with van der Waals surface area (Å²) in [5.74, 6) is 0.647. The van der Waals surface area contributed by atoms with Crippen LogP contribution in [-0.2, 0) is 6.54 Å². The van der Waals surface area contributed by atoms with E-state index in [0.29, 0.717) is 5.75 Å². The zero-order valence-corrected chi connectivity index (χ0v) is 7.14. The lowest BCUT2D eigenvalue weighted by Crippen LogP contribution is -1.89. The molecule has 0 aliphatic carbocycles. The van der Waals surface area contributed by atoms with Crippen LogP contribution in [0, 0.1) is 0 Å². The van der Waals surface area contributed by atoms with Gasteiger partial charge in [0, 0.05) is 16.5 Å². The summed E-state index contributed by atoms with van der Waals surface area (Å²) < 4.78 is 4.98. The average Bonchev–Trinajstić information content (AvgIpc) is 2.16. The summed E-state index contributed by atoms with van der Waals surface area (Å²) in [7, 11) is 1.49. The third kappa shape index (κ3) is 2.28. The van der Waals surface area contributed by atoms with Gasteiger partial charge < -0.3 is 9.84 Å². The molecule has 0 heterocycles. The van der Waals surface area contributed by atoms with Gasteiger partial charge in [0.1, 0.15) is 11.5 Å². The summed E-state index contributed by atoms with van der Waals surface area (Å²) in [6, 6.07) is 4.65. The van der Waals surface area contributed by atoms with Crippen molar-refractivity contribution in [1.82, 2.24) is 0 Å². The van der Waals surface area contributed by atoms with E-state index in [0.717, 1.165) is 5.56 Å². The van der Waals surface area contributed by atoms with Crippen molar-refractivity contribution in [2.24, 2.45) is 5.11 Å². The van der Waals surface area contributed by atoms with Crippen molar-refractivity contribution in [1.29, 1.82) is 0 Å². The van der Waals surface area contributed by atoms with Crippen LogP contribution in [0.2, 0.25) is 0 Å². The predicted molar refractivity (Wildman–Crippen MR) is 47.5 cm³/mol. The maximum atomic E-state index is 9.11. The van der Waals surface area contributed by atoms with E-state index in [1.54, 1.807) is 6.07 Å². The van der Waals surface area contributed by atoms with Gasteiger partial charge in [-0.05, 0) is 11.6 Å². The van der Waals surface area contributed by atoms with Gasteiger partial charge in [-0.2, -0.15) is 0 Å². The van der Waals surface area contributed by atoms with E-state index < -0.39 is 0 Å². The van der Waals surface area contributed by atoms with Crippen LogP contribution < -0.4 is 4.74 Å². The molecule has 13 heavy (non-hydrogen) atoms. The fourth-order valence-electron chi connectivity index (χ4n) is 0.972. The predicted octanol–water partition coefficient (Wildman–Crippen LogP) is 2.21. The lowest BCUT2D eigenvalue weighted by atomic mass is 10.2. The van der Waals surface area contributed by atoms with Crippen LogP contribution in [0.15, 0.2) is 23.3 Å². The largest absolute Gasteiger partial charge is 0.508 e. The minimum Gasteiger partial charge on any atom is -0.508 e. The second-order valence-electron chi connectivity index (χ2n) is 2.39. The van der Waals surface area contributed by atoms with E-state index in [9.17, 15) is 0 Å². The molecule has 0 unspecified atom stereocenters. The minimum absolute atomic E-state index is 0.126. The molecule has 0 saturated carbocycles. The Morgan fingerprint density at radius 3 is 3.00 bits per heavy atom. The molecule has 1 rings (SSSR count). The first-order chi connectivity index (χ1) is 6.27. The third-order valence-electron chi connectivity index (χ3n) is 1.57. The van der Waals surface area contributed by atoms with Gasteiger partial charge in [-0.25, -0.2) is 0 Å². The number of phenols is 1. The van der Waals surface area contributed by atoms with Crippen LogP contribution in [0.5, 0.6) is 11.5 Å². The molecule has 0 aliphatic heterocycles. The van der Waals surface area contributed by atoms with E-state index in [1.807, 2.05) is 0 Å². The van der Waals surface area contributed by atoms with Crippen LogP contribution in [0.3, 0.4) is 0 Å². The smallest absolute Gasteiger partial charge is 0.125 e. The van der Waals surface area contributed by atoms with Crippen LogP contribution in [-0.4, -0.2) is 12.2 Å². The Balaban J connectivity index is 2.98. The molecule has 0 atom stereocenters. The Morgan fingerprint density at radius 1 is 1.62 bits per heavy atom. The number of ether oxygens (including phenoxy) is 1. The van der Waals surface area contributed by atoms with E-state index in [4.69, 9.17) is 15.4 Å². The van der Waals surface area contributed by atoms with Gasteiger partial charge in [-0.1, -0.05) is 11.2 Å². The van der Waals surface area contributed by atoms with Gasteiger partial charge in [0.25, 0.3) is 0 Å². The molecule has 68 valence electrons. The first-order valence-electron chi connectivity index (χ1n) is 3.64. The molecular weight excluding hydrogens is 170 g/mol. The monoisotopic (exact) mass is 179 g/mol. The zero-order chi connectivity index (χ0) is 9.68. The summed E-state index contributed by atoms with van der Waals surface area (Å²) in [5, 5.41) is 12.5. The molecule has 0 radical (unpaired) electrons. The number of aromatic hydroxyl groups is 1. The minimum atomic E-state index is 0.126. The molecule has 0 bridgehead atoms. The number of nitrogens with zero attached hydrogens (tertiary/aromatic N) is 3. The molecule has 0 saturated heterocycles. The molecule has 0 aromatic heterocycles. The second kappa shape index (κ2) is 4.23. The van der Waals surface area contributed by atoms with Crippen molar-refractivity contribution in [2.45, 2.75) is 6.54 Å². The molecule has 1 N–H and O–H groups in total. The quantitative estimate of drug-likeness (QED) is 0.438. The van der Waals surface area contributed by atoms with Crippen LogP contribution in [0.4, 0.5) is 0 Å². The highest BCUT2D eigenvalue weighted by atomic mass is 16.5. The van der Waals surface area contributed by atoms with Gasteiger partial charge in [0.15, 0.2) is 0 Å². The highest BCUT2D eigenvalue weighted by Crippen LogP contribution is 2.24. The highest BCUT2D eigenvalue weighted by Gasteiger charge is 2.01. The molecule has 5 nitrogen and oxygen atoms in total. The van der Waals surface area contributed by atoms with Crippen LogP contribution in [0.25, 0.3) is 10.4 Å². The number of hydrogen-bond acceptors (Lipinski definition) is 3. The second-order valence-corrected chi connectivity index (χ2v) is 2.39. The Morgan fingerprint density at radius 2 is 2.38 bits per heavy atom. The molecule has 0 fully saturated rings. The van der Waals surface area contributed by atoms with Gasteiger partial charge in [0.2, 0.25) is 0 Å². The van der Waals surface area contributed by atoms with E-state index in [-0.39, 0.29) is 12.3 Å². The zero-order valence-electron chi connectivity index (χ0n) is 7.14. The topological polar surface area (TPSA) is 78.2 Å². The molecule has 5 heteroatoms. The van der Waals surface area contributed by atoms with Crippen molar-refractivity contribution in [3.05, 3.63) is 34.2 Å². The summed E-state index contributed by atoms with van der Waals surface area (Å²) in [4.78, 5) is 2.64. The lowest BCUT2D eigenvalue weighted by Gasteiger charge is -2.05. The standard InChI is InChI=1S/C8H9N3O2/c1-13-8-4-7(12)3-2-6(8)5-10-11-9/h2-4,12H,5H2,1H3. The fraction of sp³-hybridized carbons (Fsp3) is 0.250. The first kappa shape index (κ1) is 9.22. The first-order valence-corrected chi connectivity index (χ1v) is 3.64. The number of benzene rings is 1. The Labute approximate surface area is 75.2 Å². The van der Waals surface area contributed by atoms with Crippen molar-refractivity contribution in [3.63, 3.8) is 0 Å². The SMILES string of the molecule is COc1cc(O)ccc1CN=[N+]=[N-]. The number of azide groups is 1. The summed E-state index contributed by atoms with van der Waals surface area (Å²) >= 11 is 0. The van der Waals surface area contributed by atoms with Crippen molar-refractivity contribution in [3.8, 4) is 11.5 Å². The fourth-order valence-corrected chi connectivity index (χ4v) is 0.972. The Hall–Kier alpha value is -1.87. The average molecular weight is 179 g/mol. The number of methoxy groups -OCH3 is 1. The third-order valence-corrected chi connectivity index (χ3v) is 1.57. The summed E-state index contributed by atoms with van der Waals surface area (Å²) in [6.45, 7) is 0.222. The molecule has 0 aliphatic rings. The van der Waals surface area contributed by atoms with Gasteiger partial charge >= 0.3 is 0 Å². The molecule has 1 aromatic carbocycles. The maximum absolute atomic E-state index is 9.11. The van der Waals surface area contributed by atoms with E-state index >= 15 is 0 Å². The molecule has 1 aromatic rings. The van der Waals surface area contributed by atoms with Crippen LogP contribution >= 0.6 is 0 Å². The van der Waals surface area contributed by atoms with Crippen molar-refractivity contribution >= 4 is 0 Å². The maximum Gasteiger partial charge on any atom is 0.125 e. The van der Waals surface area contributed by atoms with Crippen LogP contribution in [0.1, 0.15) is 5.56 Å². The normalized spacial score (nSPS) is 9.00. The van der Waals surface area contributed by atoms with Crippen molar-refractivity contribution < 1.29 is 9.84 Å².